The molecule has 18 N–H and O–H groups in total. The van der Waals surface area contributed by atoms with Crippen LogP contribution in [-0.4, -0.2) is 90.5 Å². The number of amides is 3. The lowest BCUT2D eigenvalue weighted by Crippen LogP contribution is -2.58. The number of rotatable bonds is 21. The molecule has 0 unspecified atom stereocenters. The lowest BCUT2D eigenvalue weighted by molar-refractivity contribution is -0.143. The minimum atomic E-state index is -1.25. The van der Waals surface area contributed by atoms with Gasteiger partial charge in [-0.15, -0.1) is 0 Å². The van der Waals surface area contributed by atoms with Crippen LogP contribution < -0.4 is 56.1 Å². The first-order valence-electron chi connectivity index (χ1n) is 13.7. The minimum absolute atomic E-state index is 0.0591. The molecule has 42 heavy (non-hydrogen) atoms. The normalized spacial score (nSPS) is 14.2. The Labute approximate surface area is 245 Å². The van der Waals surface area contributed by atoms with Crippen molar-refractivity contribution >= 4 is 41.6 Å². The van der Waals surface area contributed by atoms with E-state index in [9.17, 15) is 24.3 Å². The molecule has 0 aromatic heterocycles. The van der Waals surface area contributed by atoms with Crippen molar-refractivity contribution in [2.24, 2.45) is 61.0 Å². The van der Waals surface area contributed by atoms with Gasteiger partial charge < -0.3 is 61.2 Å². The van der Waals surface area contributed by atoms with Gasteiger partial charge in [-0.2, -0.15) is 0 Å². The summed E-state index contributed by atoms with van der Waals surface area (Å²) in [5.74, 6) is -3.87. The highest BCUT2D eigenvalue weighted by atomic mass is 16.4. The van der Waals surface area contributed by atoms with Crippen molar-refractivity contribution in [3.05, 3.63) is 0 Å². The van der Waals surface area contributed by atoms with E-state index in [2.05, 4.69) is 30.9 Å². The molecule has 0 saturated heterocycles. The molecule has 0 aliphatic heterocycles. The first-order valence-corrected chi connectivity index (χ1v) is 13.7. The second-order valence-corrected chi connectivity index (χ2v) is 9.79. The van der Waals surface area contributed by atoms with Gasteiger partial charge in [0, 0.05) is 19.6 Å². The zero-order valence-corrected chi connectivity index (χ0v) is 24.4. The SMILES string of the molecule is CC[C@H](C)[C@H](NC(=O)[C@H](CCCN=C(N)N)NC(=O)[C@@H](N)CCCN=C(N)N)C(=O)N[C@@H](CCCN=C(N)N)C(=O)O. The predicted molar refractivity (Wildman–Crippen MR) is 161 cm³/mol. The number of hydrogen-bond donors (Lipinski definition) is 11. The summed E-state index contributed by atoms with van der Waals surface area (Å²) in [6.45, 7) is 4.21. The number of carboxylic acids is 1. The molecular weight excluding hydrogens is 550 g/mol. The molecule has 240 valence electrons. The van der Waals surface area contributed by atoms with Crippen LogP contribution in [0.2, 0.25) is 0 Å². The van der Waals surface area contributed by atoms with Crippen LogP contribution in [0.1, 0.15) is 58.8 Å². The van der Waals surface area contributed by atoms with Crippen molar-refractivity contribution in [3.8, 4) is 0 Å². The molecule has 18 heteroatoms. The van der Waals surface area contributed by atoms with E-state index in [1.165, 1.54) is 0 Å². The predicted octanol–water partition coefficient (Wildman–Crippen LogP) is -3.94. The largest absolute Gasteiger partial charge is 0.480 e. The molecule has 0 aliphatic carbocycles. The summed E-state index contributed by atoms with van der Waals surface area (Å²) in [5, 5.41) is 17.4. The number of hydrogen-bond acceptors (Lipinski definition) is 8. The third-order valence-electron chi connectivity index (χ3n) is 6.24. The van der Waals surface area contributed by atoms with Crippen molar-refractivity contribution in [1.82, 2.24) is 16.0 Å². The van der Waals surface area contributed by atoms with E-state index in [-0.39, 0.29) is 62.7 Å². The first kappa shape index (κ1) is 37.6. The van der Waals surface area contributed by atoms with Crippen molar-refractivity contribution < 1.29 is 24.3 Å². The van der Waals surface area contributed by atoms with Crippen LogP contribution in [0.5, 0.6) is 0 Å². The van der Waals surface area contributed by atoms with Gasteiger partial charge in [0.1, 0.15) is 18.1 Å². The van der Waals surface area contributed by atoms with Crippen molar-refractivity contribution in [2.45, 2.75) is 83.0 Å². The number of carbonyl (C=O) groups is 4. The van der Waals surface area contributed by atoms with Gasteiger partial charge in [0.25, 0.3) is 0 Å². The standard InChI is InChI=1S/C24H49N13O5/c1-3-13(2)17(20(40)36-16(21(41)42)9-6-12-34-24(30)31)37-19(39)15(8-5-11-33-23(28)29)35-18(38)14(25)7-4-10-32-22(26)27/h13-17H,3-12,25H2,1-2H3,(H,35,38)(H,36,40)(H,37,39)(H,41,42)(H4,26,27,32)(H4,28,29,33)(H4,30,31,34)/t13-,14-,15-,16-,17-/m0/s1. The van der Waals surface area contributed by atoms with Gasteiger partial charge in [0.15, 0.2) is 17.9 Å². The van der Waals surface area contributed by atoms with Crippen LogP contribution >= 0.6 is 0 Å². The van der Waals surface area contributed by atoms with Crippen LogP contribution in [0.4, 0.5) is 0 Å². The van der Waals surface area contributed by atoms with Gasteiger partial charge in [-0.25, -0.2) is 4.79 Å². The summed E-state index contributed by atoms with van der Waals surface area (Å²) < 4.78 is 0. The summed E-state index contributed by atoms with van der Waals surface area (Å²) >= 11 is 0. The molecule has 18 nitrogen and oxygen atoms in total. The third kappa shape index (κ3) is 16.7. The van der Waals surface area contributed by atoms with Crippen LogP contribution in [-0.2, 0) is 19.2 Å². The highest BCUT2D eigenvalue weighted by Crippen LogP contribution is 2.11. The van der Waals surface area contributed by atoms with E-state index in [1.807, 2.05) is 6.92 Å². The Hall–Kier alpha value is -4.35. The maximum Gasteiger partial charge on any atom is 0.326 e. The smallest absolute Gasteiger partial charge is 0.326 e. The molecular formula is C24H49N13O5. The quantitative estimate of drug-likeness (QED) is 0.0342. The Morgan fingerprint density at radius 3 is 1.52 bits per heavy atom. The summed E-state index contributed by atoms with van der Waals surface area (Å²) in [6, 6.07) is -4.35. The maximum absolute atomic E-state index is 13.4. The Balaban J connectivity index is 5.63. The summed E-state index contributed by atoms with van der Waals surface area (Å²) in [6.07, 6.45) is 1.99. The second kappa shape index (κ2) is 20.5. The zero-order valence-electron chi connectivity index (χ0n) is 24.4. The molecule has 0 fully saturated rings. The molecule has 3 amide bonds. The molecule has 0 spiro atoms. The number of carboxylic acid groups (broad SMARTS) is 1. The molecule has 0 aromatic carbocycles. The van der Waals surface area contributed by atoms with E-state index in [0.717, 1.165) is 0 Å². The highest BCUT2D eigenvalue weighted by molar-refractivity contribution is 5.94. The second-order valence-electron chi connectivity index (χ2n) is 9.79. The fourth-order valence-corrected chi connectivity index (χ4v) is 3.68. The molecule has 5 atom stereocenters. The number of aliphatic carboxylic acids is 1. The fourth-order valence-electron chi connectivity index (χ4n) is 3.68. The van der Waals surface area contributed by atoms with Crippen molar-refractivity contribution in [1.29, 1.82) is 0 Å². The van der Waals surface area contributed by atoms with Crippen LogP contribution in [0.15, 0.2) is 15.0 Å². The van der Waals surface area contributed by atoms with E-state index in [1.54, 1.807) is 6.92 Å². The summed E-state index contributed by atoms with van der Waals surface area (Å²) in [4.78, 5) is 62.6. The monoisotopic (exact) mass is 599 g/mol. The van der Waals surface area contributed by atoms with Gasteiger partial charge in [-0.3, -0.25) is 29.4 Å². The summed E-state index contributed by atoms with van der Waals surface area (Å²) in [5.41, 5.74) is 37.9. The van der Waals surface area contributed by atoms with Crippen molar-refractivity contribution in [2.75, 3.05) is 19.6 Å². The highest BCUT2D eigenvalue weighted by Gasteiger charge is 2.32. The van der Waals surface area contributed by atoms with Gasteiger partial charge in [-0.05, 0) is 44.4 Å². The fraction of sp³-hybridized carbons (Fsp3) is 0.708. The van der Waals surface area contributed by atoms with Gasteiger partial charge in [0.2, 0.25) is 17.7 Å². The molecule has 0 aromatic rings. The lowest BCUT2D eigenvalue weighted by Gasteiger charge is -2.28. The Bertz CT molecular complexity index is 960. The molecule has 0 aliphatic rings. The van der Waals surface area contributed by atoms with E-state index < -0.39 is 47.9 Å². The van der Waals surface area contributed by atoms with E-state index >= 15 is 0 Å². The van der Waals surface area contributed by atoms with E-state index in [4.69, 9.17) is 40.1 Å². The Kier molecular flexibility index (Phi) is 18.4. The first-order chi connectivity index (χ1) is 19.7. The average molecular weight is 600 g/mol. The Morgan fingerprint density at radius 2 is 1.10 bits per heavy atom. The summed E-state index contributed by atoms with van der Waals surface area (Å²) in [7, 11) is 0. The third-order valence-corrected chi connectivity index (χ3v) is 6.24. The lowest BCUT2D eigenvalue weighted by atomic mass is 9.96. The van der Waals surface area contributed by atoms with Gasteiger partial charge in [-0.1, -0.05) is 20.3 Å². The number of nitrogens with zero attached hydrogens (tertiary/aromatic N) is 3. The molecule has 0 rings (SSSR count). The molecule has 0 heterocycles. The number of guanidine groups is 3. The van der Waals surface area contributed by atoms with Crippen molar-refractivity contribution in [3.63, 3.8) is 0 Å². The molecule has 0 radical (unpaired) electrons. The van der Waals surface area contributed by atoms with Crippen LogP contribution in [0.3, 0.4) is 0 Å². The van der Waals surface area contributed by atoms with E-state index in [0.29, 0.717) is 25.7 Å². The van der Waals surface area contributed by atoms with Gasteiger partial charge in [0.05, 0.1) is 6.04 Å². The average Bonchev–Trinajstić information content (AvgIpc) is 2.91. The number of nitrogens with two attached hydrogens (primary N) is 7. The number of nitrogens with one attached hydrogen (secondary N) is 3. The Morgan fingerprint density at radius 1 is 0.667 bits per heavy atom. The molecule has 0 saturated carbocycles. The number of aliphatic imine (C=N–C) groups is 3. The minimum Gasteiger partial charge on any atom is -0.480 e. The zero-order chi connectivity index (χ0) is 32.2. The number of carbonyl (C=O) groups excluding carboxylic acids is 3. The molecule has 0 bridgehead atoms. The topological polar surface area (TPSA) is 344 Å². The van der Waals surface area contributed by atoms with Crippen LogP contribution in [0, 0.1) is 5.92 Å². The van der Waals surface area contributed by atoms with Gasteiger partial charge >= 0.3 is 5.97 Å². The maximum atomic E-state index is 13.4. The van der Waals surface area contributed by atoms with Crippen LogP contribution in [0.25, 0.3) is 0 Å².